The van der Waals surface area contributed by atoms with E-state index in [2.05, 4.69) is 4.98 Å². The molecule has 0 radical (unpaired) electrons. The van der Waals surface area contributed by atoms with Gasteiger partial charge in [-0.1, -0.05) is 24.3 Å². The van der Waals surface area contributed by atoms with Gasteiger partial charge in [0, 0.05) is 12.0 Å². The molecule has 30 heavy (non-hydrogen) atoms. The first-order valence-corrected chi connectivity index (χ1v) is 9.56. The summed E-state index contributed by atoms with van der Waals surface area (Å²) in [5.74, 6) is -0.709. The van der Waals surface area contributed by atoms with Gasteiger partial charge in [0.1, 0.15) is 12.6 Å². The number of likely N-dealkylation sites (tertiary alicyclic amines) is 1. The monoisotopic (exact) mass is 419 g/mol. The fourth-order valence-corrected chi connectivity index (χ4v) is 4.65. The zero-order valence-electron chi connectivity index (χ0n) is 16.3. The molecule has 9 heteroatoms. The normalized spacial score (nSPS) is 24.4. The molecular formula is C21H22F3N4O2+. The number of carbonyl (C=O) groups is 1. The molecular weight excluding hydrogens is 397 g/mol. The second-order valence-corrected chi connectivity index (χ2v) is 8.02. The largest absolute Gasteiger partial charge is 0.477 e. The minimum absolute atomic E-state index is 0.164. The number of rotatable bonds is 4. The van der Waals surface area contributed by atoms with Crippen molar-refractivity contribution in [3.05, 3.63) is 59.7 Å². The number of carboxylic acids is 1. The highest BCUT2D eigenvalue weighted by Crippen LogP contribution is 2.39. The summed E-state index contributed by atoms with van der Waals surface area (Å²) in [6, 6.07) is 11.0. The number of imidazole rings is 1. The number of nitrogen functional groups attached to an aromatic ring is 1. The average molecular weight is 419 g/mol. The smallest absolute Gasteiger partial charge is 0.416 e. The van der Waals surface area contributed by atoms with Crippen LogP contribution in [0.15, 0.2) is 48.5 Å². The second-order valence-electron chi connectivity index (χ2n) is 8.02. The van der Waals surface area contributed by atoms with Gasteiger partial charge in [-0.05, 0) is 24.3 Å². The Hall–Kier alpha value is -3.07. The standard InChI is InChI=1S/C21H21F3N4O2/c1-28(12-13-6-8-14(9-7-13)21(22,23)24)11-10-17(18(28)19(29)30)27-16-5-3-2-4-15(16)26-20(27)25/h2-9,17-18H,10-12H2,1H3,(H2-,25,26,29,30)/p+1/t17?,18-,28?/m0/s1. The molecule has 0 saturated carbocycles. The number of likely N-dealkylation sites (N-methyl/N-ethyl adjacent to an activating group) is 1. The molecule has 0 bridgehead atoms. The predicted molar refractivity (Wildman–Crippen MR) is 105 cm³/mol. The first kappa shape index (κ1) is 20.2. The number of hydrogen-bond donors (Lipinski definition) is 2. The van der Waals surface area contributed by atoms with Crippen molar-refractivity contribution in [2.45, 2.75) is 31.2 Å². The lowest BCUT2D eigenvalue weighted by atomic mass is 10.1. The summed E-state index contributed by atoms with van der Waals surface area (Å²) in [5.41, 5.74) is 7.54. The zero-order chi connectivity index (χ0) is 21.7. The number of halogens is 3. The van der Waals surface area contributed by atoms with Gasteiger partial charge in [-0.25, -0.2) is 9.78 Å². The first-order chi connectivity index (χ1) is 14.1. The molecule has 1 aliphatic heterocycles. The predicted octanol–water partition coefficient (Wildman–Crippen LogP) is 3.68. The van der Waals surface area contributed by atoms with Crippen molar-refractivity contribution < 1.29 is 27.6 Å². The number of aliphatic carboxylic acids is 1. The van der Waals surface area contributed by atoms with Crippen LogP contribution < -0.4 is 5.73 Å². The van der Waals surface area contributed by atoms with E-state index in [0.717, 1.165) is 17.6 Å². The molecule has 0 spiro atoms. The molecule has 3 atom stereocenters. The van der Waals surface area contributed by atoms with Crippen LogP contribution in [-0.4, -0.2) is 44.7 Å². The van der Waals surface area contributed by atoms with Crippen LogP contribution in [0.4, 0.5) is 19.1 Å². The number of benzene rings is 2. The number of aromatic nitrogens is 2. The van der Waals surface area contributed by atoms with Gasteiger partial charge in [0.15, 0.2) is 0 Å². The number of fused-ring (bicyclic) bond motifs is 1. The summed E-state index contributed by atoms with van der Waals surface area (Å²) in [7, 11) is 1.83. The van der Waals surface area contributed by atoms with Crippen molar-refractivity contribution in [2.75, 3.05) is 19.3 Å². The molecule has 2 aromatic carbocycles. The van der Waals surface area contributed by atoms with Gasteiger partial charge in [-0.3, -0.25) is 0 Å². The van der Waals surface area contributed by atoms with Gasteiger partial charge >= 0.3 is 12.1 Å². The third kappa shape index (κ3) is 3.39. The van der Waals surface area contributed by atoms with E-state index in [9.17, 15) is 23.1 Å². The molecule has 4 rings (SSSR count). The Kier molecular flexibility index (Phi) is 4.73. The van der Waals surface area contributed by atoms with E-state index in [0.29, 0.717) is 30.6 Å². The minimum Gasteiger partial charge on any atom is -0.477 e. The molecule has 3 aromatic rings. The topological polar surface area (TPSA) is 81.1 Å². The highest BCUT2D eigenvalue weighted by molar-refractivity contribution is 5.80. The van der Waals surface area contributed by atoms with Crippen LogP contribution in [0.5, 0.6) is 0 Å². The summed E-state index contributed by atoms with van der Waals surface area (Å²) in [5, 5.41) is 10.1. The molecule has 1 aromatic heterocycles. The number of hydrogen-bond acceptors (Lipinski definition) is 3. The summed E-state index contributed by atoms with van der Waals surface area (Å²) in [4.78, 5) is 16.7. The number of carboxylic acid groups (broad SMARTS) is 1. The van der Waals surface area contributed by atoms with Crippen LogP contribution >= 0.6 is 0 Å². The first-order valence-electron chi connectivity index (χ1n) is 9.56. The summed E-state index contributed by atoms with van der Waals surface area (Å²) < 4.78 is 40.5. The SMILES string of the molecule is C[N+]1(Cc2ccc(C(F)(F)F)cc2)CCC(n2c(N)nc3ccccc32)[C@H]1C(=O)O. The van der Waals surface area contributed by atoms with Gasteiger partial charge in [0.2, 0.25) is 12.0 Å². The molecule has 158 valence electrons. The fourth-order valence-electron chi connectivity index (χ4n) is 4.65. The summed E-state index contributed by atoms with van der Waals surface area (Å²) >= 11 is 0. The Labute approximate surface area is 170 Å². The van der Waals surface area contributed by atoms with E-state index in [1.54, 1.807) is 4.57 Å². The second kappa shape index (κ2) is 7.02. The number of alkyl halides is 3. The van der Waals surface area contributed by atoms with E-state index >= 15 is 0 Å². The van der Waals surface area contributed by atoms with Crippen molar-refractivity contribution in [3.63, 3.8) is 0 Å². The van der Waals surface area contributed by atoms with E-state index < -0.39 is 29.8 Å². The van der Waals surface area contributed by atoms with Crippen molar-refractivity contribution in [1.82, 2.24) is 9.55 Å². The van der Waals surface area contributed by atoms with E-state index in [1.165, 1.54) is 12.1 Å². The lowest BCUT2D eigenvalue weighted by molar-refractivity contribution is -0.927. The average Bonchev–Trinajstić information content (AvgIpc) is 3.17. The molecule has 0 aliphatic carbocycles. The van der Waals surface area contributed by atoms with Gasteiger partial charge < -0.3 is 19.9 Å². The number of para-hydroxylation sites is 2. The van der Waals surface area contributed by atoms with Crippen molar-refractivity contribution >= 4 is 23.0 Å². The lowest BCUT2D eigenvalue weighted by Gasteiger charge is -2.35. The molecule has 1 aliphatic rings. The Balaban J connectivity index is 1.68. The quantitative estimate of drug-likeness (QED) is 0.632. The Bertz CT molecular complexity index is 1090. The molecule has 0 amide bonds. The van der Waals surface area contributed by atoms with Crippen LogP contribution in [0, 0.1) is 0 Å². The number of nitrogens with two attached hydrogens (primary N) is 1. The van der Waals surface area contributed by atoms with Crippen LogP contribution in [0.1, 0.15) is 23.6 Å². The third-order valence-corrected chi connectivity index (χ3v) is 6.00. The van der Waals surface area contributed by atoms with Gasteiger partial charge in [-0.15, -0.1) is 0 Å². The van der Waals surface area contributed by atoms with Crippen molar-refractivity contribution in [3.8, 4) is 0 Å². The van der Waals surface area contributed by atoms with Gasteiger partial charge in [0.05, 0.1) is 30.2 Å². The molecule has 6 nitrogen and oxygen atoms in total. The maximum Gasteiger partial charge on any atom is 0.416 e. The van der Waals surface area contributed by atoms with E-state index in [1.807, 2.05) is 31.3 Å². The summed E-state index contributed by atoms with van der Waals surface area (Å²) in [6.45, 7) is 0.854. The van der Waals surface area contributed by atoms with Gasteiger partial charge in [-0.2, -0.15) is 13.2 Å². The minimum atomic E-state index is -4.40. The van der Waals surface area contributed by atoms with E-state index in [-0.39, 0.29) is 10.4 Å². The molecule has 2 unspecified atom stereocenters. The Morgan fingerprint density at radius 3 is 2.53 bits per heavy atom. The van der Waals surface area contributed by atoms with Crippen LogP contribution in [0.3, 0.4) is 0 Å². The van der Waals surface area contributed by atoms with Crippen LogP contribution in [0.25, 0.3) is 11.0 Å². The van der Waals surface area contributed by atoms with Gasteiger partial charge in [0.25, 0.3) is 0 Å². The molecule has 1 fully saturated rings. The van der Waals surface area contributed by atoms with Crippen molar-refractivity contribution in [1.29, 1.82) is 0 Å². The Morgan fingerprint density at radius 1 is 1.23 bits per heavy atom. The molecule has 3 N–H and O–H groups in total. The Morgan fingerprint density at radius 2 is 1.90 bits per heavy atom. The van der Waals surface area contributed by atoms with Crippen LogP contribution in [0.2, 0.25) is 0 Å². The van der Waals surface area contributed by atoms with E-state index in [4.69, 9.17) is 5.73 Å². The number of anilines is 1. The maximum absolute atomic E-state index is 12.8. The highest BCUT2D eigenvalue weighted by atomic mass is 19.4. The number of quaternary nitrogens is 1. The van der Waals surface area contributed by atoms with Crippen molar-refractivity contribution in [2.24, 2.45) is 0 Å². The zero-order valence-corrected chi connectivity index (χ0v) is 16.3. The highest BCUT2D eigenvalue weighted by Gasteiger charge is 2.52. The maximum atomic E-state index is 12.8. The van der Waals surface area contributed by atoms with Crippen LogP contribution in [-0.2, 0) is 17.5 Å². The molecule has 2 heterocycles. The number of nitrogens with zero attached hydrogens (tertiary/aromatic N) is 3. The fraction of sp³-hybridized carbons (Fsp3) is 0.333. The lowest BCUT2D eigenvalue weighted by Crippen LogP contribution is -2.53. The molecule has 1 saturated heterocycles. The third-order valence-electron chi connectivity index (χ3n) is 6.00. The summed E-state index contributed by atoms with van der Waals surface area (Å²) in [6.07, 6.45) is -3.84.